The topological polar surface area (TPSA) is 117 Å². The van der Waals surface area contributed by atoms with Crippen molar-refractivity contribution in [2.45, 2.75) is 19.0 Å². The normalized spacial score (nSPS) is 11.6. The smallest absolute Gasteiger partial charge is 0.237 e. The third-order valence-corrected chi connectivity index (χ3v) is 2.67. The summed E-state index contributed by atoms with van der Waals surface area (Å²) in [5.41, 5.74) is 11.3. The monoisotopic (exact) mass is 281 g/mol. The predicted molar refractivity (Wildman–Crippen MR) is 73.2 cm³/mol. The molecule has 0 aliphatic heterocycles. The Morgan fingerprint density at radius 3 is 2.45 bits per heavy atom. The Balaban J connectivity index is 2.61. The first-order valence-corrected chi connectivity index (χ1v) is 6.00. The summed E-state index contributed by atoms with van der Waals surface area (Å²) in [7, 11) is 3.07. The van der Waals surface area contributed by atoms with Gasteiger partial charge in [-0.25, -0.2) is 0 Å². The molecule has 0 saturated heterocycles. The minimum atomic E-state index is -0.937. The molecule has 1 unspecified atom stereocenters. The molecule has 0 fully saturated rings. The maximum Gasteiger partial charge on any atom is 0.237 e. The van der Waals surface area contributed by atoms with E-state index < -0.39 is 17.9 Å². The van der Waals surface area contributed by atoms with Crippen LogP contribution in [0.4, 0.5) is 0 Å². The second kappa shape index (κ2) is 7.34. The second-order valence-corrected chi connectivity index (χ2v) is 4.18. The fraction of sp³-hybridized carbons (Fsp3) is 0.385. The van der Waals surface area contributed by atoms with Crippen molar-refractivity contribution in [2.75, 3.05) is 14.2 Å². The first kappa shape index (κ1) is 15.8. The highest BCUT2D eigenvalue weighted by Crippen LogP contribution is 2.27. The highest BCUT2D eigenvalue weighted by atomic mass is 16.5. The summed E-state index contributed by atoms with van der Waals surface area (Å²) in [6, 6.07) is 4.34. The van der Waals surface area contributed by atoms with Crippen LogP contribution in [-0.2, 0) is 16.1 Å². The molecule has 0 radical (unpaired) electrons. The van der Waals surface area contributed by atoms with Crippen LogP contribution in [0.15, 0.2) is 18.2 Å². The van der Waals surface area contributed by atoms with Crippen molar-refractivity contribution in [1.29, 1.82) is 0 Å². The van der Waals surface area contributed by atoms with Crippen LogP contribution in [-0.4, -0.2) is 32.1 Å². The van der Waals surface area contributed by atoms with E-state index in [0.717, 1.165) is 5.56 Å². The number of benzene rings is 1. The summed E-state index contributed by atoms with van der Waals surface area (Å²) < 4.78 is 10.3. The van der Waals surface area contributed by atoms with Crippen LogP contribution in [0.25, 0.3) is 0 Å². The van der Waals surface area contributed by atoms with E-state index in [-0.39, 0.29) is 13.0 Å². The Morgan fingerprint density at radius 1 is 1.25 bits per heavy atom. The lowest BCUT2D eigenvalue weighted by Crippen LogP contribution is -2.42. The summed E-state index contributed by atoms with van der Waals surface area (Å²) in [5.74, 6) is 0.131. The van der Waals surface area contributed by atoms with Gasteiger partial charge in [-0.15, -0.1) is 0 Å². The van der Waals surface area contributed by atoms with E-state index in [2.05, 4.69) is 5.32 Å². The molecule has 0 aromatic heterocycles. The molecule has 0 saturated carbocycles. The average molecular weight is 281 g/mol. The molecule has 1 rings (SSSR count). The Bertz CT molecular complexity index is 491. The van der Waals surface area contributed by atoms with Crippen molar-refractivity contribution in [2.24, 2.45) is 11.5 Å². The lowest BCUT2D eigenvalue weighted by Gasteiger charge is -2.12. The van der Waals surface area contributed by atoms with E-state index in [0.29, 0.717) is 11.5 Å². The number of rotatable bonds is 7. The molecule has 110 valence electrons. The quantitative estimate of drug-likeness (QED) is 0.624. The fourth-order valence-corrected chi connectivity index (χ4v) is 1.62. The molecule has 1 aromatic rings. The van der Waals surface area contributed by atoms with Crippen molar-refractivity contribution in [3.05, 3.63) is 23.8 Å². The summed E-state index contributed by atoms with van der Waals surface area (Å²) >= 11 is 0. The van der Waals surface area contributed by atoms with Crippen LogP contribution >= 0.6 is 0 Å². The Morgan fingerprint density at radius 2 is 1.90 bits per heavy atom. The molecule has 0 spiro atoms. The molecule has 1 atom stereocenters. The lowest BCUT2D eigenvalue weighted by molar-refractivity contribution is -0.126. The molecule has 2 amide bonds. The number of methoxy groups -OCH3 is 2. The van der Waals surface area contributed by atoms with Gasteiger partial charge in [-0.2, -0.15) is 0 Å². The SMILES string of the molecule is COc1ccc(CNC(=O)C(N)CC(N)=O)cc1OC. The number of nitrogens with two attached hydrogens (primary N) is 2. The zero-order chi connectivity index (χ0) is 15.1. The third kappa shape index (κ3) is 4.43. The Kier molecular flexibility index (Phi) is 5.79. The second-order valence-electron chi connectivity index (χ2n) is 4.18. The van der Waals surface area contributed by atoms with Crippen LogP contribution in [0.5, 0.6) is 11.5 Å². The van der Waals surface area contributed by atoms with Crippen LogP contribution in [0.1, 0.15) is 12.0 Å². The van der Waals surface area contributed by atoms with Gasteiger partial charge in [-0.3, -0.25) is 9.59 Å². The average Bonchev–Trinajstić information content (AvgIpc) is 2.43. The molecule has 20 heavy (non-hydrogen) atoms. The van der Waals surface area contributed by atoms with Gasteiger partial charge in [0.05, 0.1) is 26.7 Å². The largest absolute Gasteiger partial charge is 0.493 e. The van der Waals surface area contributed by atoms with Crippen LogP contribution in [0.2, 0.25) is 0 Å². The highest BCUT2D eigenvalue weighted by Gasteiger charge is 2.15. The van der Waals surface area contributed by atoms with E-state index in [1.54, 1.807) is 25.3 Å². The van der Waals surface area contributed by atoms with Gasteiger partial charge in [0.1, 0.15) is 0 Å². The van der Waals surface area contributed by atoms with Crippen molar-refractivity contribution >= 4 is 11.8 Å². The number of carbonyl (C=O) groups is 2. The predicted octanol–water partition coefficient (Wildman–Crippen LogP) is -0.477. The summed E-state index contributed by atoms with van der Waals surface area (Å²) in [5, 5.41) is 2.62. The van der Waals surface area contributed by atoms with Gasteiger partial charge in [-0.05, 0) is 17.7 Å². The molecule has 7 heteroatoms. The molecule has 0 aliphatic rings. The number of carbonyl (C=O) groups excluding carboxylic acids is 2. The number of amides is 2. The fourth-order valence-electron chi connectivity index (χ4n) is 1.62. The number of hydrogen-bond acceptors (Lipinski definition) is 5. The van der Waals surface area contributed by atoms with Gasteiger partial charge in [-0.1, -0.05) is 6.07 Å². The zero-order valence-corrected chi connectivity index (χ0v) is 11.5. The van der Waals surface area contributed by atoms with Gasteiger partial charge in [0.15, 0.2) is 11.5 Å². The number of primary amides is 1. The minimum absolute atomic E-state index is 0.183. The number of ether oxygens (including phenoxy) is 2. The number of hydrogen-bond donors (Lipinski definition) is 3. The van der Waals surface area contributed by atoms with E-state index in [9.17, 15) is 9.59 Å². The minimum Gasteiger partial charge on any atom is -0.493 e. The molecule has 5 N–H and O–H groups in total. The van der Waals surface area contributed by atoms with Crippen molar-refractivity contribution < 1.29 is 19.1 Å². The maximum absolute atomic E-state index is 11.6. The van der Waals surface area contributed by atoms with E-state index in [4.69, 9.17) is 20.9 Å². The molecular formula is C13H19N3O4. The lowest BCUT2D eigenvalue weighted by atomic mass is 10.1. The Hall–Kier alpha value is -2.28. The Labute approximate surface area is 117 Å². The van der Waals surface area contributed by atoms with E-state index in [1.165, 1.54) is 7.11 Å². The maximum atomic E-state index is 11.6. The van der Waals surface area contributed by atoms with Crippen molar-refractivity contribution in [3.8, 4) is 11.5 Å². The first-order valence-electron chi connectivity index (χ1n) is 6.00. The summed E-state index contributed by atoms with van der Waals surface area (Å²) in [6.07, 6.45) is -0.183. The van der Waals surface area contributed by atoms with E-state index >= 15 is 0 Å². The third-order valence-electron chi connectivity index (χ3n) is 2.67. The van der Waals surface area contributed by atoms with Gasteiger partial charge in [0.25, 0.3) is 0 Å². The molecule has 0 aliphatic carbocycles. The molecule has 0 heterocycles. The van der Waals surface area contributed by atoms with Gasteiger partial charge >= 0.3 is 0 Å². The van der Waals surface area contributed by atoms with E-state index in [1.807, 2.05) is 0 Å². The summed E-state index contributed by atoms with van der Waals surface area (Å²) in [4.78, 5) is 22.3. The summed E-state index contributed by atoms with van der Waals surface area (Å²) in [6.45, 7) is 0.269. The molecular weight excluding hydrogens is 262 g/mol. The first-order chi connectivity index (χ1) is 9.47. The van der Waals surface area contributed by atoms with Crippen LogP contribution in [0.3, 0.4) is 0 Å². The van der Waals surface area contributed by atoms with Crippen LogP contribution in [0, 0.1) is 0 Å². The standard InChI is InChI=1S/C13H19N3O4/c1-19-10-4-3-8(5-11(10)20-2)7-16-13(18)9(14)6-12(15)17/h3-5,9H,6-7,14H2,1-2H3,(H2,15,17)(H,16,18). The molecule has 1 aromatic carbocycles. The molecule has 0 bridgehead atoms. The van der Waals surface area contributed by atoms with Gasteiger partial charge in [0.2, 0.25) is 11.8 Å². The number of nitrogens with one attached hydrogen (secondary N) is 1. The van der Waals surface area contributed by atoms with Gasteiger partial charge < -0.3 is 26.3 Å². The van der Waals surface area contributed by atoms with Gasteiger partial charge in [0, 0.05) is 6.54 Å². The van der Waals surface area contributed by atoms with Crippen LogP contribution < -0.4 is 26.3 Å². The zero-order valence-electron chi connectivity index (χ0n) is 11.5. The molecule has 7 nitrogen and oxygen atoms in total. The highest BCUT2D eigenvalue weighted by molar-refractivity contribution is 5.87. The van der Waals surface area contributed by atoms with Crippen molar-refractivity contribution in [1.82, 2.24) is 5.32 Å². The van der Waals surface area contributed by atoms with Crippen molar-refractivity contribution in [3.63, 3.8) is 0 Å².